The molecule has 106 valence electrons. The summed E-state index contributed by atoms with van der Waals surface area (Å²) in [4.78, 5) is 21.7. The molecule has 20 heavy (non-hydrogen) atoms. The van der Waals surface area contributed by atoms with Crippen LogP contribution in [-0.2, 0) is 11.3 Å². The fraction of sp³-hybridized carbons (Fsp3) is 0.500. The lowest BCUT2D eigenvalue weighted by Gasteiger charge is -2.26. The molecular weight excluding hydrogens is 256 g/mol. The predicted molar refractivity (Wildman–Crippen MR) is 73.3 cm³/mol. The summed E-state index contributed by atoms with van der Waals surface area (Å²) < 4.78 is 1.86. The van der Waals surface area contributed by atoms with Gasteiger partial charge >= 0.3 is 5.97 Å². The van der Waals surface area contributed by atoms with E-state index in [1.165, 1.54) is 12.8 Å². The number of rotatable bonds is 5. The van der Waals surface area contributed by atoms with Crippen LogP contribution in [0, 0.1) is 0 Å². The summed E-state index contributed by atoms with van der Waals surface area (Å²) >= 11 is 0. The molecule has 0 aliphatic heterocycles. The Morgan fingerprint density at radius 2 is 2.25 bits per heavy atom. The van der Waals surface area contributed by atoms with E-state index in [1.807, 2.05) is 27.8 Å². The molecule has 1 aliphatic rings. The summed E-state index contributed by atoms with van der Waals surface area (Å²) in [7, 11) is 0. The first-order valence-corrected chi connectivity index (χ1v) is 6.97. The normalized spacial score (nSPS) is 16.2. The van der Waals surface area contributed by atoms with Crippen LogP contribution < -0.4 is 0 Å². The van der Waals surface area contributed by atoms with Crippen molar-refractivity contribution in [3.8, 4) is 0 Å². The van der Waals surface area contributed by atoms with Crippen LogP contribution in [0.4, 0.5) is 0 Å². The van der Waals surface area contributed by atoms with Gasteiger partial charge in [0.25, 0.3) is 0 Å². The summed E-state index contributed by atoms with van der Waals surface area (Å²) in [5, 5.41) is 9.08. The maximum absolute atomic E-state index is 11.0. The van der Waals surface area contributed by atoms with E-state index in [4.69, 9.17) is 5.11 Å². The smallest absolute Gasteiger partial charge is 0.317 e. The lowest BCUT2D eigenvalue weighted by molar-refractivity contribution is -0.139. The van der Waals surface area contributed by atoms with Gasteiger partial charge in [-0.3, -0.25) is 14.1 Å². The number of carbonyl (C=O) groups is 1. The van der Waals surface area contributed by atoms with E-state index in [0.717, 1.165) is 18.5 Å². The van der Waals surface area contributed by atoms with Crippen molar-refractivity contribution in [1.82, 2.24) is 19.3 Å². The zero-order chi connectivity index (χ0) is 13.9. The third kappa shape index (κ3) is 2.80. The number of hydrogen-bond acceptors (Lipinski definition) is 4. The lowest BCUT2D eigenvalue weighted by atomic mass is 10.2. The van der Waals surface area contributed by atoms with Crippen molar-refractivity contribution in [3.63, 3.8) is 0 Å². The highest BCUT2D eigenvalue weighted by molar-refractivity contribution is 5.69. The van der Waals surface area contributed by atoms with Gasteiger partial charge in [-0.1, -0.05) is 12.8 Å². The number of imidazole rings is 1. The van der Waals surface area contributed by atoms with Crippen molar-refractivity contribution in [2.45, 2.75) is 38.3 Å². The predicted octanol–water partition coefficient (Wildman–Crippen LogP) is 1.56. The Labute approximate surface area is 117 Å². The monoisotopic (exact) mass is 274 g/mol. The minimum Gasteiger partial charge on any atom is -0.480 e. The summed E-state index contributed by atoms with van der Waals surface area (Å²) in [5.74, 6) is -0.122. The van der Waals surface area contributed by atoms with E-state index in [9.17, 15) is 4.79 Å². The Bertz CT molecular complexity index is 571. The average molecular weight is 274 g/mol. The number of aromatic nitrogens is 3. The van der Waals surface area contributed by atoms with E-state index in [-0.39, 0.29) is 6.54 Å². The molecule has 0 radical (unpaired) electrons. The van der Waals surface area contributed by atoms with Crippen LogP contribution >= 0.6 is 0 Å². The molecule has 1 N–H and O–H groups in total. The zero-order valence-electron chi connectivity index (χ0n) is 11.3. The maximum atomic E-state index is 11.0. The van der Waals surface area contributed by atoms with E-state index < -0.39 is 5.97 Å². The molecule has 6 heteroatoms. The summed E-state index contributed by atoms with van der Waals surface area (Å²) in [6.07, 6.45) is 10.1. The van der Waals surface area contributed by atoms with Crippen LogP contribution in [0.15, 0.2) is 24.7 Å². The second kappa shape index (κ2) is 5.58. The van der Waals surface area contributed by atoms with Crippen LogP contribution in [0.1, 0.15) is 31.4 Å². The van der Waals surface area contributed by atoms with Crippen LogP contribution in [0.3, 0.4) is 0 Å². The van der Waals surface area contributed by atoms with Gasteiger partial charge in [0.1, 0.15) is 0 Å². The summed E-state index contributed by atoms with van der Waals surface area (Å²) in [6, 6.07) is 2.22. The lowest BCUT2D eigenvalue weighted by Crippen LogP contribution is -2.37. The first-order valence-electron chi connectivity index (χ1n) is 6.97. The Balaban J connectivity index is 1.78. The second-order valence-electron chi connectivity index (χ2n) is 5.30. The van der Waals surface area contributed by atoms with Gasteiger partial charge in [0, 0.05) is 31.2 Å². The number of hydrogen-bond donors (Lipinski definition) is 1. The first-order chi connectivity index (χ1) is 9.72. The Morgan fingerprint density at radius 1 is 1.45 bits per heavy atom. The maximum Gasteiger partial charge on any atom is 0.317 e. The molecule has 2 aromatic rings. The molecule has 1 fully saturated rings. The topological polar surface area (TPSA) is 70.7 Å². The fourth-order valence-corrected chi connectivity index (χ4v) is 2.92. The average Bonchev–Trinajstić information content (AvgIpc) is 3.06. The van der Waals surface area contributed by atoms with Gasteiger partial charge in [0.05, 0.1) is 12.2 Å². The van der Waals surface area contributed by atoms with Crippen molar-refractivity contribution in [2.75, 3.05) is 6.54 Å². The number of fused-ring (bicyclic) bond motifs is 1. The standard InChI is InChI=1S/C14H18N4O2/c19-13(20)10-18(12-4-1-2-5-12)9-11-8-17-7-3-6-15-14(17)16-11/h3,6-8,12H,1-2,4-5,9-10H2,(H,19,20). The molecule has 6 nitrogen and oxygen atoms in total. The van der Waals surface area contributed by atoms with E-state index >= 15 is 0 Å². The molecule has 3 rings (SSSR count). The van der Waals surface area contributed by atoms with E-state index in [1.54, 1.807) is 6.20 Å². The number of nitrogens with zero attached hydrogens (tertiary/aromatic N) is 4. The third-order valence-electron chi connectivity index (χ3n) is 3.83. The largest absolute Gasteiger partial charge is 0.480 e. The van der Waals surface area contributed by atoms with Crippen molar-refractivity contribution >= 4 is 11.7 Å². The third-order valence-corrected chi connectivity index (χ3v) is 3.83. The van der Waals surface area contributed by atoms with Crippen molar-refractivity contribution in [1.29, 1.82) is 0 Å². The Kier molecular flexibility index (Phi) is 3.64. The number of carboxylic acid groups (broad SMARTS) is 1. The highest BCUT2D eigenvalue weighted by Crippen LogP contribution is 2.24. The van der Waals surface area contributed by atoms with Gasteiger partial charge < -0.3 is 5.11 Å². The molecule has 0 bridgehead atoms. The molecule has 0 spiro atoms. The Hall–Kier alpha value is -1.95. The van der Waals surface area contributed by atoms with Gasteiger partial charge in [-0.2, -0.15) is 0 Å². The van der Waals surface area contributed by atoms with Crippen molar-refractivity contribution in [3.05, 3.63) is 30.4 Å². The molecule has 0 amide bonds. The molecular formula is C14H18N4O2. The minimum absolute atomic E-state index is 0.0754. The van der Waals surface area contributed by atoms with E-state index in [2.05, 4.69) is 9.97 Å². The Morgan fingerprint density at radius 3 is 2.95 bits per heavy atom. The second-order valence-corrected chi connectivity index (χ2v) is 5.30. The first kappa shape index (κ1) is 13.1. The van der Waals surface area contributed by atoms with Crippen LogP contribution in [0.2, 0.25) is 0 Å². The van der Waals surface area contributed by atoms with Gasteiger partial charge in [0.2, 0.25) is 5.78 Å². The van der Waals surface area contributed by atoms with Gasteiger partial charge in [-0.25, -0.2) is 9.97 Å². The van der Waals surface area contributed by atoms with Crippen LogP contribution in [0.25, 0.3) is 5.78 Å². The van der Waals surface area contributed by atoms with Crippen molar-refractivity contribution in [2.24, 2.45) is 0 Å². The summed E-state index contributed by atoms with van der Waals surface area (Å²) in [6.45, 7) is 0.645. The van der Waals surface area contributed by atoms with Gasteiger partial charge in [0.15, 0.2) is 0 Å². The SMILES string of the molecule is O=C(O)CN(Cc1cn2cccnc2n1)C1CCCC1. The van der Waals surface area contributed by atoms with Crippen LogP contribution in [0.5, 0.6) is 0 Å². The van der Waals surface area contributed by atoms with E-state index in [0.29, 0.717) is 18.4 Å². The summed E-state index contributed by atoms with van der Waals surface area (Å²) in [5.41, 5.74) is 0.872. The molecule has 0 aromatic carbocycles. The number of carboxylic acids is 1. The fourth-order valence-electron chi connectivity index (χ4n) is 2.92. The van der Waals surface area contributed by atoms with Crippen molar-refractivity contribution < 1.29 is 9.90 Å². The highest BCUT2D eigenvalue weighted by Gasteiger charge is 2.25. The van der Waals surface area contributed by atoms with Gasteiger partial charge in [-0.05, 0) is 18.9 Å². The minimum atomic E-state index is -0.779. The molecule has 2 heterocycles. The molecule has 0 saturated heterocycles. The zero-order valence-corrected chi connectivity index (χ0v) is 11.3. The number of aliphatic carboxylic acids is 1. The van der Waals surface area contributed by atoms with Gasteiger partial charge in [-0.15, -0.1) is 0 Å². The molecule has 1 aliphatic carbocycles. The molecule has 2 aromatic heterocycles. The van der Waals surface area contributed by atoms with Crippen LogP contribution in [-0.4, -0.2) is 42.9 Å². The molecule has 0 atom stereocenters. The highest BCUT2D eigenvalue weighted by atomic mass is 16.4. The quantitative estimate of drug-likeness (QED) is 0.896. The molecule has 0 unspecified atom stereocenters. The molecule has 1 saturated carbocycles.